The van der Waals surface area contributed by atoms with Crippen molar-refractivity contribution >= 4 is 11.8 Å². The van der Waals surface area contributed by atoms with Crippen LogP contribution in [-0.4, -0.2) is 11.8 Å². The maximum absolute atomic E-state index is 13.8. The second-order valence-electron chi connectivity index (χ2n) is 5.85. The third-order valence-electron chi connectivity index (χ3n) is 4.60. The van der Waals surface area contributed by atoms with Crippen LogP contribution in [0.25, 0.3) is 0 Å². The van der Waals surface area contributed by atoms with Crippen molar-refractivity contribution in [1.82, 2.24) is 5.32 Å². The number of fused-ring (bicyclic) bond motifs is 1. The molecule has 0 amide bonds. The fraction of sp³-hybridized carbons (Fsp3) is 0.625. The standard InChI is InChI=1S/C16H22FNS/c1-11(12-5-2-3-6-12)18-15-9-10-19-16-13(15)7-4-8-14(16)17/h4,7-8,11-12,15,18H,2-3,5-6,9-10H2,1H3/t11-,15?/m0/s1. The topological polar surface area (TPSA) is 12.0 Å². The molecule has 0 spiro atoms. The number of hydrogen-bond acceptors (Lipinski definition) is 2. The Hall–Kier alpha value is -0.540. The van der Waals surface area contributed by atoms with Crippen LogP contribution in [-0.2, 0) is 0 Å². The molecule has 1 N–H and O–H groups in total. The molecule has 1 aromatic carbocycles. The highest BCUT2D eigenvalue weighted by molar-refractivity contribution is 7.99. The molecule has 0 saturated heterocycles. The zero-order chi connectivity index (χ0) is 13.2. The lowest BCUT2D eigenvalue weighted by molar-refractivity contribution is 0.335. The van der Waals surface area contributed by atoms with E-state index in [2.05, 4.69) is 18.3 Å². The van der Waals surface area contributed by atoms with Crippen molar-refractivity contribution in [2.24, 2.45) is 5.92 Å². The average molecular weight is 279 g/mol. The smallest absolute Gasteiger partial charge is 0.137 e. The van der Waals surface area contributed by atoms with E-state index in [1.165, 1.54) is 31.2 Å². The first-order valence-electron chi connectivity index (χ1n) is 7.43. The Kier molecular flexibility index (Phi) is 4.13. The Bertz CT molecular complexity index is 442. The zero-order valence-corrected chi connectivity index (χ0v) is 12.3. The number of rotatable bonds is 3. The van der Waals surface area contributed by atoms with Crippen molar-refractivity contribution in [2.75, 3.05) is 5.75 Å². The summed E-state index contributed by atoms with van der Waals surface area (Å²) in [6, 6.07) is 6.39. The first-order valence-corrected chi connectivity index (χ1v) is 8.41. The molecule has 1 aromatic rings. The lowest BCUT2D eigenvalue weighted by Crippen LogP contribution is -2.36. The summed E-state index contributed by atoms with van der Waals surface area (Å²) in [5, 5.41) is 3.76. The molecule has 3 heteroatoms. The predicted octanol–water partition coefficient (Wildman–Crippen LogP) is 4.53. The van der Waals surface area contributed by atoms with E-state index in [9.17, 15) is 4.39 Å². The van der Waals surface area contributed by atoms with Crippen LogP contribution in [0.15, 0.2) is 23.1 Å². The molecule has 1 saturated carbocycles. The Morgan fingerprint density at radius 1 is 1.26 bits per heavy atom. The van der Waals surface area contributed by atoms with Gasteiger partial charge in [-0.25, -0.2) is 4.39 Å². The third kappa shape index (κ3) is 2.82. The van der Waals surface area contributed by atoms with Gasteiger partial charge in [0.1, 0.15) is 5.82 Å². The summed E-state index contributed by atoms with van der Waals surface area (Å²) in [6.07, 6.45) is 6.57. The van der Waals surface area contributed by atoms with E-state index in [1.54, 1.807) is 17.8 Å². The van der Waals surface area contributed by atoms with E-state index < -0.39 is 0 Å². The Labute approximate surface area is 119 Å². The van der Waals surface area contributed by atoms with Gasteiger partial charge in [-0.05, 0) is 49.5 Å². The molecule has 19 heavy (non-hydrogen) atoms. The molecule has 1 unspecified atom stereocenters. The summed E-state index contributed by atoms with van der Waals surface area (Å²) >= 11 is 1.66. The van der Waals surface area contributed by atoms with Gasteiger partial charge >= 0.3 is 0 Å². The first-order chi connectivity index (χ1) is 9.25. The number of thioether (sulfide) groups is 1. The second-order valence-corrected chi connectivity index (χ2v) is 6.95. The molecule has 104 valence electrons. The summed E-state index contributed by atoms with van der Waals surface area (Å²) < 4.78 is 13.8. The molecule has 1 fully saturated rings. The lowest BCUT2D eigenvalue weighted by Gasteiger charge is -2.31. The summed E-state index contributed by atoms with van der Waals surface area (Å²) in [6.45, 7) is 2.30. The van der Waals surface area contributed by atoms with E-state index in [0.29, 0.717) is 12.1 Å². The molecule has 0 radical (unpaired) electrons. The highest BCUT2D eigenvalue weighted by Crippen LogP contribution is 2.38. The van der Waals surface area contributed by atoms with Crippen molar-refractivity contribution in [1.29, 1.82) is 0 Å². The highest BCUT2D eigenvalue weighted by Gasteiger charge is 2.27. The minimum atomic E-state index is -0.0532. The number of nitrogens with one attached hydrogen (secondary N) is 1. The molecule has 0 bridgehead atoms. The predicted molar refractivity (Wildman–Crippen MR) is 79.0 cm³/mol. The van der Waals surface area contributed by atoms with Gasteiger partial charge in [-0.1, -0.05) is 25.0 Å². The fourth-order valence-electron chi connectivity index (χ4n) is 3.47. The van der Waals surface area contributed by atoms with Crippen molar-refractivity contribution in [3.63, 3.8) is 0 Å². The monoisotopic (exact) mass is 279 g/mol. The Morgan fingerprint density at radius 3 is 2.84 bits per heavy atom. The molecule has 2 aliphatic rings. The van der Waals surface area contributed by atoms with Crippen LogP contribution >= 0.6 is 11.8 Å². The van der Waals surface area contributed by atoms with Gasteiger partial charge in [-0.3, -0.25) is 0 Å². The Morgan fingerprint density at radius 2 is 2.05 bits per heavy atom. The van der Waals surface area contributed by atoms with E-state index >= 15 is 0 Å². The van der Waals surface area contributed by atoms with Gasteiger partial charge in [-0.2, -0.15) is 0 Å². The molecular formula is C16H22FNS. The largest absolute Gasteiger partial charge is 0.307 e. The van der Waals surface area contributed by atoms with E-state index in [-0.39, 0.29) is 5.82 Å². The summed E-state index contributed by atoms with van der Waals surface area (Å²) in [5.41, 5.74) is 1.17. The van der Waals surface area contributed by atoms with Gasteiger partial charge in [0.25, 0.3) is 0 Å². The van der Waals surface area contributed by atoms with Gasteiger partial charge in [0.2, 0.25) is 0 Å². The third-order valence-corrected chi connectivity index (χ3v) is 5.76. The van der Waals surface area contributed by atoms with Crippen molar-refractivity contribution in [3.8, 4) is 0 Å². The normalized spacial score (nSPS) is 25.3. The highest BCUT2D eigenvalue weighted by atomic mass is 32.2. The summed E-state index contributed by atoms with van der Waals surface area (Å²) in [7, 11) is 0. The number of hydrogen-bond donors (Lipinski definition) is 1. The van der Waals surface area contributed by atoms with Crippen LogP contribution < -0.4 is 5.32 Å². The van der Waals surface area contributed by atoms with Crippen LogP contribution in [0.1, 0.15) is 50.6 Å². The molecule has 2 atom stereocenters. The van der Waals surface area contributed by atoms with Crippen LogP contribution in [0.5, 0.6) is 0 Å². The SMILES string of the molecule is C[C@H](NC1CCSc2c(F)cccc21)C1CCCC1. The minimum absolute atomic E-state index is 0.0532. The van der Waals surface area contributed by atoms with Crippen molar-refractivity contribution in [3.05, 3.63) is 29.6 Å². The molecule has 1 aliphatic carbocycles. The molecule has 0 aromatic heterocycles. The average Bonchev–Trinajstić information content (AvgIpc) is 2.94. The van der Waals surface area contributed by atoms with Gasteiger partial charge in [-0.15, -0.1) is 11.8 Å². The van der Waals surface area contributed by atoms with Crippen LogP contribution in [0, 0.1) is 11.7 Å². The van der Waals surface area contributed by atoms with Gasteiger partial charge < -0.3 is 5.32 Å². The van der Waals surface area contributed by atoms with Crippen molar-refractivity contribution < 1.29 is 4.39 Å². The molecule has 3 rings (SSSR count). The molecular weight excluding hydrogens is 257 g/mol. The van der Waals surface area contributed by atoms with E-state index in [4.69, 9.17) is 0 Å². The lowest BCUT2D eigenvalue weighted by atomic mass is 9.96. The van der Waals surface area contributed by atoms with Gasteiger partial charge in [0.15, 0.2) is 0 Å². The van der Waals surface area contributed by atoms with Gasteiger partial charge in [0, 0.05) is 17.0 Å². The van der Waals surface area contributed by atoms with Crippen LogP contribution in [0.2, 0.25) is 0 Å². The number of benzene rings is 1. The second kappa shape index (κ2) is 5.84. The molecule has 1 nitrogen and oxygen atoms in total. The Balaban J connectivity index is 1.74. The van der Waals surface area contributed by atoms with E-state index in [1.807, 2.05) is 6.07 Å². The van der Waals surface area contributed by atoms with Crippen LogP contribution in [0.3, 0.4) is 0 Å². The zero-order valence-electron chi connectivity index (χ0n) is 11.5. The first kappa shape index (κ1) is 13.4. The minimum Gasteiger partial charge on any atom is -0.307 e. The molecule has 1 aliphatic heterocycles. The fourth-order valence-corrected chi connectivity index (χ4v) is 4.61. The maximum atomic E-state index is 13.8. The summed E-state index contributed by atoms with van der Waals surface area (Å²) in [4.78, 5) is 0.866. The van der Waals surface area contributed by atoms with Crippen LogP contribution in [0.4, 0.5) is 4.39 Å². The van der Waals surface area contributed by atoms with Crippen molar-refractivity contribution in [2.45, 2.75) is 56.0 Å². The van der Waals surface area contributed by atoms with Gasteiger partial charge in [0.05, 0.1) is 0 Å². The molecule has 1 heterocycles. The summed E-state index contributed by atoms with van der Waals surface area (Å²) in [5.74, 6) is 1.78. The van der Waals surface area contributed by atoms with E-state index in [0.717, 1.165) is 23.0 Å². The number of halogens is 1. The maximum Gasteiger partial charge on any atom is 0.137 e. The quantitative estimate of drug-likeness (QED) is 0.872.